The van der Waals surface area contributed by atoms with Crippen LogP contribution in [0.5, 0.6) is 0 Å². The molecule has 0 aliphatic heterocycles. The summed E-state index contributed by atoms with van der Waals surface area (Å²) in [5.41, 5.74) is 0. The van der Waals surface area contributed by atoms with Crippen LogP contribution in [0.4, 0.5) is 13.2 Å². The molecule has 44 heteroatoms. The predicted octanol–water partition coefficient (Wildman–Crippen LogP) is -3.28. The average molecular weight is 1140 g/mol. The van der Waals surface area contributed by atoms with Crippen molar-refractivity contribution in [2.24, 2.45) is 17.8 Å². The van der Waals surface area contributed by atoms with Crippen LogP contribution in [0.3, 0.4) is 0 Å². The molecule has 0 fully saturated rings. The van der Waals surface area contributed by atoms with Crippen LogP contribution in [0.15, 0.2) is 0 Å². The number of phosphoric acid groups is 8. The van der Waals surface area contributed by atoms with Gasteiger partial charge >= 0.3 is 0 Å². The van der Waals surface area contributed by atoms with Crippen molar-refractivity contribution >= 4 is 62.6 Å². The van der Waals surface area contributed by atoms with Gasteiger partial charge in [-0.05, 0) is 0 Å². The first-order valence-corrected chi connectivity index (χ1v) is 29.2. The van der Waals surface area contributed by atoms with Gasteiger partial charge in [0.15, 0.2) is 0 Å². The lowest BCUT2D eigenvalue weighted by molar-refractivity contribution is -0.238. The third kappa shape index (κ3) is 37.4. The number of phosphoric ester groups is 8. The molecule has 11 atom stereocenters. The molecule has 0 bridgehead atoms. The van der Waals surface area contributed by atoms with Crippen LogP contribution in [-0.2, 0) is 104 Å². The van der Waals surface area contributed by atoms with Crippen LogP contribution in [0.1, 0.15) is 0 Å². The Morgan fingerprint density at radius 3 is 0.652 bits per heavy atom. The minimum Gasteiger partial charge on any atom is -0.756 e. The van der Waals surface area contributed by atoms with Gasteiger partial charge in [-0.2, -0.15) is 0 Å². The summed E-state index contributed by atoms with van der Waals surface area (Å²) >= 11 is 0. The topological polar surface area (TPSA) is 500 Å². The summed E-state index contributed by atoms with van der Waals surface area (Å²) in [6.07, 6.45) is 0. The van der Waals surface area contributed by atoms with Crippen molar-refractivity contribution in [3.8, 4) is 0 Å². The molecule has 0 saturated carbocycles. The summed E-state index contributed by atoms with van der Waals surface area (Å²) in [7, 11) is -41.9. The van der Waals surface area contributed by atoms with Gasteiger partial charge in [-0.3, -0.25) is 49.7 Å². The van der Waals surface area contributed by atoms with E-state index in [1.807, 2.05) is 0 Å². The molecule has 0 rings (SSSR count). The summed E-state index contributed by atoms with van der Waals surface area (Å²) in [5.74, 6) is -4.25. The maximum absolute atomic E-state index is 13.3. The molecule has 11 unspecified atom stereocenters. The van der Waals surface area contributed by atoms with Crippen molar-refractivity contribution in [1.29, 1.82) is 0 Å². The maximum atomic E-state index is 13.3. The molecule has 0 radical (unpaired) electrons. The number of aliphatic hydroxyl groups excluding tert-OH is 1. The van der Waals surface area contributed by atoms with Crippen LogP contribution in [0.25, 0.3) is 0 Å². The number of rotatable bonds is 44. The third-order valence-corrected chi connectivity index (χ3v) is 13.5. The van der Waals surface area contributed by atoms with Crippen LogP contribution >= 0.6 is 62.6 Å². The van der Waals surface area contributed by atoms with E-state index in [-0.39, 0.29) is 0 Å². The fourth-order valence-corrected chi connectivity index (χ4v) is 8.63. The van der Waals surface area contributed by atoms with E-state index in [0.29, 0.717) is 0 Å². The van der Waals surface area contributed by atoms with E-state index in [1.165, 1.54) is 0 Å². The zero-order chi connectivity index (χ0) is 50.8. The van der Waals surface area contributed by atoms with E-state index in [1.54, 1.807) is 0 Å². The Morgan fingerprint density at radius 1 is 0.318 bits per heavy atom. The summed E-state index contributed by atoms with van der Waals surface area (Å²) in [6, 6.07) is 0. The molecular weight excluding hydrogens is 1100 g/mol. The van der Waals surface area contributed by atoms with Crippen molar-refractivity contribution in [3.05, 3.63) is 0 Å². The van der Waals surface area contributed by atoms with E-state index in [0.717, 1.165) is 0 Å². The van der Waals surface area contributed by atoms with Gasteiger partial charge in [0.05, 0.1) is 126 Å². The van der Waals surface area contributed by atoms with Gasteiger partial charge in [0, 0.05) is 17.8 Å². The van der Waals surface area contributed by atoms with Crippen molar-refractivity contribution in [3.63, 3.8) is 0 Å². The Kier molecular flexibility index (Phi) is 33.0. The molecule has 0 aromatic heterocycles. The number of halogens is 3. The van der Waals surface area contributed by atoms with E-state index in [4.69, 9.17) is 10.00 Å². The normalized spacial score (nSPS) is 21.1. The monoisotopic (exact) mass is 1140 g/mol. The average Bonchev–Trinajstić information content (AvgIpc) is 3.20. The van der Waals surface area contributed by atoms with Crippen LogP contribution in [0, 0.1) is 17.8 Å². The first-order valence-electron chi connectivity index (χ1n) is 17.5. The highest BCUT2D eigenvalue weighted by atomic mass is 31.2. The Hall–Kier alpha value is 0.630. The molecule has 2 N–H and O–H groups in total. The van der Waals surface area contributed by atoms with Gasteiger partial charge in [-0.1, -0.05) is 0 Å². The highest BCUT2D eigenvalue weighted by molar-refractivity contribution is 7.47. The summed E-state index contributed by atoms with van der Waals surface area (Å²) in [4.78, 5) is 101. The minimum atomic E-state index is -5.34. The van der Waals surface area contributed by atoms with Gasteiger partial charge in [-0.25, -0.2) is 0 Å². The minimum absolute atomic E-state index is 0.740. The van der Waals surface area contributed by atoms with E-state index in [9.17, 15) is 88.8 Å². The molecule has 0 spiro atoms. The highest BCUT2D eigenvalue weighted by Gasteiger charge is 2.22. The zero-order valence-corrected chi connectivity index (χ0v) is 40.6. The standard InChI is InChI=1S/C22H51F3O33P8/c23-11-20(14-26)15-55-63(36,37)50-9-10-53-66(42,43)58-19-22(13-25)18-57-65(40,41)52-8-6-49-62(34,35)47-4-2-45-60(30,31)44-1-3-46-61(32,33)48-5-7-51-64(38,39)56-17-21(12-24)16-54-59(27,28)29/h20-22,26H,1-19H2,(H,30,31)(H,32,33)(H,34,35)(H,36,37)(H,38,39)(H,40,41)(H,42,43)(H2,27,28,29)/p-8. The first kappa shape index (κ1) is 66.6. The lowest BCUT2D eigenvalue weighted by Crippen LogP contribution is -2.23. The summed E-state index contributed by atoms with van der Waals surface area (Å²) in [6.45, 7) is -19.9. The molecule has 398 valence electrons. The van der Waals surface area contributed by atoms with Crippen molar-refractivity contribution in [1.82, 2.24) is 0 Å². The Morgan fingerprint density at radius 2 is 0.485 bits per heavy atom. The Labute approximate surface area is 372 Å². The lowest BCUT2D eigenvalue weighted by Gasteiger charge is -2.28. The molecule has 0 heterocycles. The molecule has 0 aliphatic carbocycles. The SMILES string of the molecule is O=P([O-])(O)OCC(CF)COP(=O)([O-])OCCOP(=O)([O-])OCCOP(=O)([O-])OCCOP(=O)([O-])OCCOP(=O)([O-])OCC(CF)COP(=O)([O-])OCCOP(=O)([O-])OCC(CO)CF. The van der Waals surface area contributed by atoms with Crippen molar-refractivity contribution in [2.75, 3.05) is 126 Å². The quantitative estimate of drug-likeness (QED) is 0.0446. The number of hydrogen-bond acceptors (Lipinski definition) is 32. The number of alkyl halides is 3. The second-order valence-electron chi connectivity index (χ2n) is 11.7. The molecule has 0 aliphatic rings. The molecular formula is C22H43F3O33P8-8. The fourth-order valence-electron chi connectivity index (χ4n) is 3.16. The Balaban J connectivity index is 4.37. The molecule has 0 saturated heterocycles. The Bertz CT molecular complexity index is 1760. The van der Waals surface area contributed by atoms with Crippen LogP contribution in [0.2, 0.25) is 0 Å². The van der Waals surface area contributed by atoms with Gasteiger partial charge in [0.1, 0.15) is 0 Å². The highest BCUT2D eigenvalue weighted by Crippen LogP contribution is 2.45. The number of hydrogen-bond donors (Lipinski definition) is 2. The molecule has 0 aromatic rings. The smallest absolute Gasteiger partial charge is 0.268 e. The first-order chi connectivity index (χ1) is 30.3. The van der Waals surface area contributed by atoms with E-state index in [2.05, 4.69) is 67.9 Å². The lowest BCUT2D eigenvalue weighted by atomic mass is 10.2. The van der Waals surface area contributed by atoms with Crippen LogP contribution < -0.4 is 39.1 Å². The van der Waals surface area contributed by atoms with Crippen molar-refractivity contribution < 1.29 is 167 Å². The van der Waals surface area contributed by atoms with Gasteiger partial charge in [0.25, 0.3) is 62.6 Å². The van der Waals surface area contributed by atoms with Gasteiger partial charge in [0.2, 0.25) is 0 Å². The van der Waals surface area contributed by atoms with Gasteiger partial charge < -0.3 is 117 Å². The third-order valence-electron chi connectivity index (χ3n) is 6.17. The second kappa shape index (κ2) is 32.7. The van der Waals surface area contributed by atoms with Gasteiger partial charge in [-0.15, -0.1) is 0 Å². The summed E-state index contributed by atoms with van der Waals surface area (Å²) in [5, 5.41) is 8.80. The molecule has 0 aromatic carbocycles. The van der Waals surface area contributed by atoms with E-state index < -0.39 is 206 Å². The maximum Gasteiger partial charge on any atom is 0.268 e. The molecule has 33 nitrogen and oxygen atoms in total. The zero-order valence-electron chi connectivity index (χ0n) is 33.4. The second-order valence-corrected chi connectivity index (χ2v) is 22.7. The predicted molar refractivity (Wildman–Crippen MR) is 188 cm³/mol. The van der Waals surface area contributed by atoms with Crippen LogP contribution in [-0.4, -0.2) is 136 Å². The summed E-state index contributed by atoms with van der Waals surface area (Å²) < 4.78 is 195. The fraction of sp³-hybridized carbons (Fsp3) is 1.00. The number of aliphatic hydroxyl groups is 1. The van der Waals surface area contributed by atoms with E-state index >= 15 is 0 Å². The largest absolute Gasteiger partial charge is 0.756 e. The molecule has 66 heavy (non-hydrogen) atoms. The molecule has 0 amide bonds. The van der Waals surface area contributed by atoms with Crippen molar-refractivity contribution in [2.45, 2.75) is 0 Å².